The number of piperazine rings is 1. The van der Waals surface area contributed by atoms with E-state index in [4.69, 9.17) is 0 Å². The first kappa shape index (κ1) is 18.5. The number of anilines is 1. The van der Waals surface area contributed by atoms with E-state index in [0.717, 1.165) is 32.1 Å². The van der Waals surface area contributed by atoms with Crippen LogP contribution in [-0.4, -0.2) is 55.1 Å². The normalized spacial score (nSPS) is 20.1. The summed E-state index contributed by atoms with van der Waals surface area (Å²) in [7, 11) is 0. The summed E-state index contributed by atoms with van der Waals surface area (Å²) in [4.78, 5) is 7.91. The van der Waals surface area contributed by atoms with E-state index in [0.29, 0.717) is 0 Å². The number of benzene rings is 2. The van der Waals surface area contributed by atoms with Crippen molar-refractivity contribution < 1.29 is 0 Å². The van der Waals surface area contributed by atoms with Gasteiger partial charge in [0.1, 0.15) is 0 Å². The Bertz CT molecular complexity index is 681. The zero-order valence-electron chi connectivity index (χ0n) is 16.7. The Balaban J connectivity index is 1.22. The van der Waals surface area contributed by atoms with Crippen LogP contribution >= 0.6 is 0 Å². The smallest absolute Gasteiger partial charge is 0.0367 e. The molecule has 2 aromatic rings. The van der Waals surface area contributed by atoms with E-state index in [9.17, 15) is 0 Å². The molecule has 0 spiro atoms. The second kappa shape index (κ2) is 8.90. The van der Waals surface area contributed by atoms with Crippen LogP contribution in [0.2, 0.25) is 0 Å². The number of hydrogen-bond donors (Lipinski definition) is 0. The standard InChI is InChI=1S/C24H33N3/c1-2-21-8-10-22(11-9-21)20-25-14-12-24(13-15-25)27-18-16-26(17-19-27)23-6-4-3-5-7-23/h3-11,24H,2,12-20H2,1H3. The largest absolute Gasteiger partial charge is 0.369 e. The minimum Gasteiger partial charge on any atom is -0.369 e. The molecule has 0 aliphatic carbocycles. The molecule has 2 aliphatic heterocycles. The van der Waals surface area contributed by atoms with Crippen LogP contribution in [0.5, 0.6) is 0 Å². The highest BCUT2D eigenvalue weighted by molar-refractivity contribution is 5.46. The summed E-state index contributed by atoms with van der Waals surface area (Å²) in [5, 5.41) is 0. The molecule has 144 valence electrons. The van der Waals surface area contributed by atoms with Gasteiger partial charge in [-0.2, -0.15) is 0 Å². The predicted octanol–water partition coefficient (Wildman–Crippen LogP) is 4.04. The van der Waals surface area contributed by atoms with Crippen molar-refractivity contribution >= 4 is 5.69 Å². The second-order valence-corrected chi connectivity index (χ2v) is 8.04. The van der Waals surface area contributed by atoms with Gasteiger partial charge in [-0.3, -0.25) is 9.80 Å². The summed E-state index contributed by atoms with van der Waals surface area (Å²) in [5.74, 6) is 0. The zero-order chi connectivity index (χ0) is 18.5. The molecule has 2 fully saturated rings. The van der Waals surface area contributed by atoms with Crippen LogP contribution in [0.25, 0.3) is 0 Å². The van der Waals surface area contributed by atoms with Crippen molar-refractivity contribution in [3.63, 3.8) is 0 Å². The van der Waals surface area contributed by atoms with Gasteiger partial charge in [-0.05, 0) is 55.6 Å². The predicted molar refractivity (Wildman–Crippen MR) is 114 cm³/mol. The molecule has 0 amide bonds. The summed E-state index contributed by atoms with van der Waals surface area (Å²) in [6.07, 6.45) is 3.76. The number of hydrogen-bond acceptors (Lipinski definition) is 3. The van der Waals surface area contributed by atoms with Gasteiger partial charge in [0.15, 0.2) is 0 Å². The van der Waals surface area contributed by atoms with Gasteiger partial charge in [-0.25, -0.2) is 0 Å². The van der Waals surface area contributed by atoms with Crippen LogP contribution in [0.15, 0.2) is 54.6 Å². The number of likely N-dealkylation sites (tertiary alicyclic amines) is 1. The molecule has 0 bridgehead atoms. The lowest BCUT2D eigenvalue weighted by Gasteiger charge is -2.43. The van der Waals surface area contributed by atoms with E-state index in [1.807, 2.05) is 0 Å². The summed E-state index contributed by atoms with van der Waals surface area (Å²) in [6, 6.07) is 20.8. The summed E-state index contributed by atoms with van der Waals surface area (Å²) < 4.78 is 0. The first-order valence-electron chi connectivity index (χ1n) is 10.7. The molecular formula is C24H33N3. The molecule has 0 radical (unpaired) electrons. The van der Waals surface area contributed by atoms with Gasteiger partial charge in [-0.15, -0.1) is 0 Å². The highest BCUT2D eigenvalue weighted by Gasteiger charge is 2.27. The Labute approximate surface area is 164 Å². The third-order valence-corrected chi connectivity index (χ3v) is 6.35. The van der Waals surface area contributed by atoms with Crippen molar-refractivity contribution in [2.24, 2.45) is 0 Å². The fraction of sp³-hybridized carbons (Fsp3) is 0.500. The molecule has 0 aromatic heterocycles. The molecule has 2 aliphatic rings. The van der Waals surface area contributed by atoms with Gasteiger partial charge in [0.25, 0.3) is 0 Å². The molecule has 0 atom stereocenters. The van der Waals surface area contributed by atoms with E-state index < -0.39 is 0 Å². The topological polar surface area (TPSA) is 9.72 Å². The van der Waals surface area contributed by atoms with Crippen LogP contribution in [0.4, 0.5) is 5.69 Å². The van der Waals surface area contributed by atoms with Crippen molar-refractivity contribution in [1.29, 1.82) is 0 Å². The quantitative estimate of drug-likeness (QED) is 0.794. The van der Waals surface area contributed by atoms with Crippen LogP contribution in [0.3, 0.4) is 0 Å². The van der Waals surface area contributed by atoms with Crippen molar-refractivity contribution in [2.75, 3.05) is 44.2 Å². The van der Waals surface area contributed by atoms with Crippen LogP contribution in [0, 0.1) is 0 Å². The summed E-state index contributed by atoms with van der Waals surface area (Å²) in [5.41, 5.74) is 4.27. The van der Waals surface area contributed by atoms with Crippen molar-refractivity contribution in [3.05, 3.63) is 65.7 Å². The maximum Gasteiger partial charge on any atom is 0.0367 e. The number of piperidine rings is 1. The van der Waals surface area contributed by atoms with Gasteiger partial charge in [0.05, 0.1) is 0 Å². The monoisotopic (exact) mass is 363 g/mol. The van der Waals surface area contributed by atoms with Crippen LogP contribution in [-0.2, 0) is 13.0 Å². The molecular weight excluding hydrogens is 330 g/mol. The molecule has 0 unspecified atom stereocenters. The SMILES string of the molecule is CCc1ccc(CN2CCC(N3CCN(c4ccccc4)CC3)CC2)cc1. The molecule has 2 heterocycles. The van der Waals surface area contributed by atoms with Gasteiger partial charge >= 0.3 is 0 Å². The fourth-order valence-electron chi connectivity index (χ4n) is 4.57. The molecule has 3 nitrogen and oxygen atoms in total. The molecule has 2 aromatic carbocycles. The first-order valence-corrected chi connectivity index (χ1v) is 10.7. The number of rotatable bonds is 5. The lowest BCUT2D eigenvalue weighted by molar-refractivity contribution is 0.0998. The lowest BCUT2D eigenvalue weighted by Crippen LogP contribution is -2.53. The Morgan fingerprint density at radius 2 is 1.37 bits per heavy atom. The van der Waals surface area contributed by atoms with Crippen molar-refractivity contribution in [2.45, 2.75) is 38.8 Å². The third-order valence-electron chi connectivity index (χ3n) is 6.35. The summed E-state index contributed by atoms with van der Waals surface area (Å²) in [6.45, 7) is 10.5. The average molecular weight is 364 g/mol. The van der Waals surface area contributed by atoms with Gasteiger partial charge < -0.3 is 4.90 Å². The Morgan fingerprint density at radius 1 is 0.741 bits per heavy atom. The molecule has 2 saturated heterocycles. The van der Waals surface area contributed by atoms with Crippen LogP contribution in [0.1, 0.15) is 30.9 Å². The Hall–Kier alpha value is -1.84. The van der Waals surface area contributed by atoms with E-state index in [-0.39, 0.29) is 0 Å². The maximum atomic E-state index is 2.74. The average Bonchev–Trinajstić information content (AvgIpc) is 2.76. The number of nitrogens with zero attached hydrogens (tertiary/aromatic N) is 3. The van der Waals surface area contributed by atoms with Gasteiger partial charge in [0.2, 0.25) is 0 Å². The van der Waals surface area contributed by atoms with Crippen molar-refractivity contribution in [1.82, 2.24) is 9.80 Å². The minimum atomic E-state index is 0.779. The van der Waals surface area contributed by atoms with E-state index >= 15 is 0 Å². The van der Waals surface area contributed by atoms with E-state index in [1.165, 1.54) is 55.8 Å². The van der Waals surface area contributed by atoms with E-state index in [1.54, 1.807) is 0 Å². The second-order valence-electron chi connectivity index (χ2n) is 8.04. The number of para-hydroxylation sites is 1. The first-order chi connectivity index (χ1) is 13.3. The highest BCUT2D eigenvalue weighted by atomic mass is 15.3. The zero-order valence-corrected chi connectivity index (χ0v) is 16.7. The van der Waals surface area contributed by atoms with E-state index in [2.05, 4.69) is 76.2 Å². The van der Waals surface area contributed by atoms with Crippen molar-refractivity contribution in [3.8, 4) is 0 Å². The fourth-order valence-corrected chi connectivity index (χ4v) is 4.57. The molecule has 4 rings (SSSR count). The van der Waals surface area contributed by atoms with Gasteiger partial charge in [0, 0.05) is 44.5 Å². The number of aryl methyl sites for hydroxylation is 1. The maximum absolute atomic E-state index is 2.74. The molecule has 0 N–H and O–H groups in total. The Morgan fingerprint density at radius 3 is 2.00 bits per heavy atom. The third kappa shape index (κ3) is 4.72. The molecule has 0 saturated carbocycles. The summed E-state index contributed by atoms with van der Waals surface area (Å²) >= 11 is 0. The lowest BCUT2D eigenvalue weighted by atomic mass is 10.0. The van der Waals surface area contributed by atoms with Gasteiger partial charge in [-0.1, -0.05) is 49.4 Å². The minimum absolute atomic E-state index is 0.779. The van der Waals surface area contributed by atoms with Crippen LogP contribution < -0.4 is 4.90 Å². The molecule has 27 heavy (non-hydrogen) atoms. The highest BCUT2D eigenvalue weighted by Crippen LogP contribution is 2.22. The Kier molecular flexibility index (Phi) is 6.10. The molecule has 3 heteroatoms.